The average molecular weight is 352 g/mol. The molecule has 0 fully saturated rings. The molecule has 0 aliphatic heterocycles. The van der Waals surface area contributed by atoms with Crippen LogP contribution in [0.3, 0.4) is 0 Å². The van der Waals surface area contributed by atoms with Crippen molar-refractivity contribution in [1.82, 2.24) is 0 Å². The third-order valence-electron chi connectivity index (χ3n) is 3.83. The van der Waals surface area contributed by atoms with Gasteiger partial charge in [-0.05, 0) is 41.8 Å². The maximum absolute atomic E-state index is 12.3. The van der Waals surface area contributed by atoms with Gasteiger partial charge >= 0.3 is 11.6 Å². The fraction of sp³-hybridized carbons (Fsp3) is 0.0526. The van der Waals surface area contributed by atoms with E-state index in [-0.39, 0.29) is 0 Å². The van der Waals surface area contributed by atoms with Crippen molar-refractivity contribution in [2.45, 2.75) is 0 Å². The highest BCUT2D eigenvalue weighted by atomic mass is 32.1. The standard InChI is InChI=1S/C19H12O5S/c1-22-11-4-6-13-14-7-5-12(23-19(21)17-3-2-8-25-17)10-16(14)24-18(20)15(13)9-11/h2-10H,1H3. The number of esters is 1. The first kappa shape index (κ1) is 15.4. The molecule has 0 unspecified atom stereocenters. The maximum Gasteiger partial charge on any atom is 0.353 e. The zero-order valence-electron chi connectivity index (χ0n) is 13.1. The highest BCUT2D eigenvalue weighted by molar-refractivity contribution is 7.12. The third kappa shape index (κ3) is 2.77. The Morgan fingerprint density at radius 3 is 2.56 bits per heavy atom. The third-order valence-corrected chi connectivity index (χ3v) is 4.68. The van der Waals surface area contributed by atoms with Crippen molar-refractivity contribution < 1.29 is 18.7 Å². The minimum Gasteiger partial charge on any atom is -0.497 e. The van der Waals surface area contributed by atoms with Crippen LogP contribution >= 0.6 is 11.3 Å². The Hall–Kier alpha value is -3.12. The summed E-state index contributed by atoms with van der Waals surface area (Å²) in [4.78, 5) is 24.8. The van der Waals surface area contributed by atoms with Crippen molar-refractivity contribution in [1.29, 1.82) is 0 Å². The number of methoxy groups -OCH3 is 1. The smallest absolute Gasteiger partial charge is 0.353 e. The maximum atomic E-state index is 12.3. The number of fused-ring (bicyclic) bond motifs is 3. The summed E-state index contributed by atoms with van der Waals surface area (Å²) in [5, 5.41) is 3.75. The summed E-state index contributed by atoms with van der Waals surface area (Å²) in [6.07, 6.45) is 0. The lowest BCUT2D eigenvalue weighted by atomic mass is 10.1. The molecule has 6 heteroatoms. The van der Waals surface area contributed by atoms with Gasteiger partial charge in [0.15, 0.2) is 0 Å². The molecule has 2 aromatic carbocycles. The van der Waals surface area contributed by atoms with Crippen LogP contribution in [0.1, 0.15) is 9.67 Å². The van der Waals surface area contributed by atoms with E-state index in [1.165, 1.54) is 18.4 Å². The van der Waals surface area contributed by atoms with E-state index in [1.54, 1.807) is 47.8 Å². The lowest BCUT2D eigenvalue weighted by molar-refractivity contribution is 0.0740. The fourth-order valence-electron chi connectivity index (χ4n) is 2.63. The summed E-state index contributed by atoms with van der Waals surface area (Å²) in [6, 6.07) is 13.7. The van der Waals surface area contributed by atoms with Crippen molar-refractivity contribution in [3.05, 3.63) is 69.2 Å². The SMILES string of the molecule is COc1ccc2c(c1)c(=O)oc1cc(OC(=O)c3cccs3)ccc12. The second-order valence-corrected chi connectivity index (χ2v) is 6.27. The van der Waals surface area contributed by atoms with Gasteiger partial charge in [0.2, 0.25) is 0 Å². The highest BCUT2D eigenvalue weighted by Crippen LogP contribution is 2.29. The topological polar surface area (TPSA) is 65.7 Å². The second kappa shape index (κ2) is 6.07. The normalized spacial score (nSPS) is 10.9. The largest absolute Gasteiger partial charge is 0.497 e. The van der Waals surface area contributed by atoms with Gasteiger partial charge in [0.05, 0.1) is 12.5 Å². The number of hydrogen-bond donors (Lipinski definition) is 0. The van der Waals surface area contributed by atoms with Crippen molar-refractivity contribution in [2.75, 3.05) is 7.11 Å². The number of benzene rings is 2. The Bertz CT molecular complexity index is 1140. The van der Waals surface area contributed by atoms with E-state index in [0.717, 1.165) is 10.8 Å². The van der Waals surface area contributed by atoms with Gasteiger partial charge in [0, 0.05) is 16.8 Å². The molecule has 2 heterocycles. The number of hydrogen-bond acceptors (Lipinski definition) is 6. The van der Waals surface area contributed by atoms with Crippen LogP contribution in [0.2, 0.25) is 0 Å². The van der Waals surface area contributed by atoms with Crippen molar-refractivity contribution in [2.24, 2.45) is 0 Å². The quantitative estimate of drug-likeness (QED) is 0.239. The van der Waals surface area contributed by atoms with Crippen LogP contribution in [-0.4, -0.2) is 13.1 Å². The Morgan fingerprint density at radius 1 is 1.00 bits per heavy atom. The monoisotopic (exact) mass is 352 g/mol. The summed E-state index contributed by atoms with van der Waals surface area (Å²) < 4.78 is 15.9. The molecule has 0 atom stereocenters. The van der Waals surface area contributed by atoms with E-state index in [0.29, 0.717) is 27.3 Å². The molecule has 0 amide bonds. The van der Waals surface area contributed by atoms with Crippen molar-refractivity contribution in [3.8, 4) is 11.5 Å². The summed E-state index contributed by atoms with van der Waals surface area (Å²) in [5.74, 6) is 0.463. The van der Waals surface area contributed by atoms with Gasteiger partial charge in [-0.2, -0.15) is 0 Å². The number of ether oxygens (including phenoxy) is 2. The molecule has 4 aromatic rings. The van der Waals surface area contributed by atoms with E-state index >= 15 is 0 Å². The summed E-state index contributed by atoms with van der Waals surface area (Å²) in [7, 11) is 1.54. The second-order valence-electron chi connectivity index (χ2n) is 5.33. The molecule has 2 aromatic heterocycles. The van der Waals surface area contributed by atoms with Crippen molar-refractivity contribution >= 4 is 39.0 Å². The van der Waals surface area contributed by atoms with Gasteiger partial charge in [0.1, 0.15) is 22.0 Å². The van der Waals surface area contributed by atoms with Crippen LogP contribution in [0.5, 0.6) is 11.5 Å². The Labute approximate surface area is 146 Å². The molecule has 4 rings (SSSR count). The molecule has 124 valence electrons. The van der Waals surface area contributed by atoms with E-state index in [1.807, 2.05) is 6.07 Å². The molecule has 0 N–H and O–H groups in total. The zero-order chi connectivity index (χ0) is 17.4. The molecule has 0 aliphatic carbocycles. The van der Waals surface area contributed by atoms with Gasteiger partial charge in [-0.25, -0.2) is 9.59 Å². The van der Waals surface area contributed by atoms with Crippen LogP contribution in [0.15, 0.2) is 63.1 Å². The van der Waals surface area contributed by atoms with Gasteiger partial charge in [-0.3, -0.25) is 0 Å². The molecule has 0 saturated carbocycles. The minimum absolute atomic E-state index is 0.321. The number of carbonyl (C=O) groups is 1. The van der Waals surface area contributed by atoms with Crippen LogP contribution in [0.25, 0.3) is 21.7 Å². The molecule has 25 heavy (non-hydrogen) atoms. The van der Waals surface area contributed by atoms with Crippen LogP contribution in [0, 0.1) is 0 Å². The minimum atomic E-state index is -0.469. The summed E-state index contributed by atoms with van der Waals surface area (Å²) in [5.41, 5.74) is -0.109. The molecule has 0 bridgehead atoms. The van der Waals surface area contributed by atoms with E-state index < -0.39 is 11.6 Å². The highest BCUT2D eigenvalue weighted by Gasteiger charge is 2.13. The summed E-state index contributed by atoms with van der Waals surface area (Å²) >= 11 is 1.30. The average Bonchev–Trinajstić information content (AvgIpc) is 3.16. The Morgan fingerprint density at radius 2 is 1.80 bits per heavy atom. The molecule has 0 aliphatic rings. The number of rotatable bonds is 3. The Balaban J connectivity index is 1.80. The fourth-order valence-corrected chi connectivity index (χ4v) is 3.23. The van der Waals surface area contributed by atoms with Crippen LogP contribution < -0.4 is 15.1 Å². The van der Waals surface area contributed by atoms with E-state index in [2.05, 4.69) is 0 Å². The van der Waals surface area contributed by atoms with E-state index in [4.69, 9.17) is 13.9 Å². The van der Waals surface area contributed by atoms with Gasteiger partial charge in [-0.15, -0.1) is 11.3 Å². The molecule has 0 radical (unpaired) electrons. The first-order valence-electron chi connectivity index (χ1n) is 7.46. The van der Waals surface area contributed by atoms with Gasteiger partial charge in [-0.1, -0.05) is 6.07 Å². The lowest BCUT2D eigenvalue weighted by Gasteiger charge is -2.07. The van der Waals surface area contributed by atoms with Crippen LogP contribution in [0.4, 0.5) is 0 Å². The summed E-state index contributed by atoms with van der Waals surface area (Å²) in [6.45, 7) is 0. The molecular formula is C19H12O5S. The first-order valence-corrected chi connectivity index (χ1v) is 8.34. The Kier molecular flexibility index (Phi) is 3.74. The van der Waals surface area contributed by atoms with Gasteiger partial charge < -0.3 is 13.9 Å². The van der Waals surface area contributed by atoms with E-state index in [9.17, 15) is 9.59 Å². The lowest BCUT2D eigenvalue weighted by Crippen LogP contribution is -2.06. The number of thiophene rings is 1. The molecule has 0 spiro atoms. The first-order chi connectivity index (χ1) is 12.2. The number of carbonyl (C=O) groups excluding carboxylic acids is 1. The predicted octanol–water partition coefficient (Wildman–Crippen LogP) is 4.24. The predicted molar refractivity (Wildman–Crippen MR) is 95.8 cm³/mol. The molecular weight excluding hydrogens is 340 g/mol. The van der Waals surface area contributed by atoms with Gasteiger partial charge in [0.25, 0.3) is 0 Å². The zero-order valence-corrected chi connectivity index (χ0v) is 14.0. The molecule has 0 saturated heterocycles. The van der Waals surface area contributed by atoms with Crippen molar-refractivity contribution in [3.63, 3.8) is 0 Å². The molecule has 5 nitrogen and oxygen atoms in total. The van der Waals surface area contributed by atoms with Crippen LogP contribution in [-0.2, 0) is 0 Å².